The number of aryl methyl sites for hydroxylation is 1. The molecule has 1 unspecified atom stereocenters. The fraction of sp³-hybridized carbons (Fsp3) is 0.333. The Balaban J connectivity index is 2.17. The number of aliphatic hydroxyl groups excluding tert-OH is 1. The van der Waals surface area contributed by atoms with Gasteiger partial charge in [-0.15, -0.1) is 0 Å². The normalized spacial score (nSPS) is 20.4. The Kier molecular flexibility index (Phi) is 3.30. The maximum Gasteiger partial charge on any atom is 0.278 e. The fourth-order valence-corrected chi connectivity index (χ4v) is 3.08. The van der Waals surface area contributed by atoms with Crippen LogP contribution in [0.5, 0.6) is 0 Å². The van der Waals surface area contributed by atoms with Crippen LogP contribution >= 0.6 is 11.6 Å². The summed E-state index contributed by atoms with van der Waals surface area (Å²) >= 11 is 5.84. The van der Waals surface area contributed by atoms with Crippen LogP contribution in [0.1, 0.15) is 29.3 Å². The lowest BCUT2D eigenvalue weighted by Crippen LogP contribution is -2.32. The van der Waals surface area contributed by atoms with Crippen molar-refractivity contribution in [2.75, 3.05) is 0 Å². The summed E-state index contributed by atoms with van der Waals surface area (Å²) in [5, 5.41) is 10.1. The van der Waals surface area contributed by atoms with E-state index in [0.717, 1.165) is 0 Å². The molecule has 0 bridgehead atoms. The third kappa shape index (κ3) is 2.34. The van der Waals surface area contributed by atoms with Crippen molar-refractivity contribution in [1.29, 1.82) is 0 Å². The zero-order valence-corrected chi connectivity index (χ0v) is 12.0. The van der Waals surface area contributed by atoms with E-state index in [9.17, 15) is 18.3 Å². The van der Waals surface area contributed by atoms with Gasteiger partial charge in [-0.2, -0.15) is 0 Å². The third-order valence-electron chi connectivity index (χ3n) is 3.84. The van der Waals surface area contributed by atoms with Crippen LogP contribution in [0, 0.1) is 12.7 Å². The van der Waals surface area contributed by atoms with Crippen LogP contribution in [-0.2, 0) is 6.42 Å². The fourth-order valence-electron chi connectivity index (χ4n) is 2.87. The maximum atomic E-state index is 13.7. The summed E-state index contributed by atoms with van der Waals surface area (Å²) in [6, 6.07) is 4.02. The number of halogens is 4. The molecule has 0 spiro atoms. The molecule has 0 fully saturated rings. The van der Waals surface area contributed by atoms with Gasteiger partial charge in [-0.1, -0.05) is 11.6 Å². The van der Waals surface area contributed by atoms with Gasteiger partial charge >= 0.3 is 0 Å². The largest absolute Gasteiger partial charge is 0.382 e. The quantitative estimate of drug-likeness (QED) is 0.838. The lowest BCUT2D eigenvalue weighted by Gasteiger charge is -2.29. The van der Waals surface area contributed by atoms with Gasteiger partial charge in [0.2, 0.25) is 0 Å². The number of hydrogen-bond acceptors (Lipinski definition) is 1. The van der Waals surface area contributed by atoms with Crippen LogP contribution in [0.3, 0.4) is 0 Å². The van der Waals surface area contributed by atoms with Crippen molar-refractivity contribution in [3.8, 4) is 5.69 Å². The second-order valence-corrected chi connectivity index (χ2v) is 5.77. The first kappa shape index (κ1) is 14.5. The van der Waals surface area contributed by atoms with Gasteiger partial charge in [-0.3, -0.25) is 0 Å². The first-order chi connectivity index (χ1) is 9.79. The Morgan fingerprint density at radius 3 is 2.71 bits per heavy atom. The van der Waals surface area contributed by atoms with E-state index < -0.39 is 24.3 Å². The SMILES string of the molecule is Cc1cn(-c2cc(F)cc(Cl)c2)c2c1C(O)C(F)(F)CC2. The first-order valence-electron chi connectivity index (χ1n) is 6.52. The van der Waals surface area contributed by atoms with Crippen LogP contribution in [0.4, 0.5) is 13.2 Å². The van der Waals surface area contributed by atoms with Gasteiger partial charge in [0.1, 0.15) is 11.9 Å². The summed E-state index contributed by atoms with van der Waals surface area (Å²) in [6.45, 7) is 1.65. The van der Waals surface area contributed by atoms with Crippen molar-refractivity contribution in [3.05, 3.63) is 52.1 Å². The highest BCUT2D eigenvalue weighted by Gasteiger charge is 2.45. The predicted molar refractivity (Wildman–Crippen MR) is 73.7 cm³/mol. The second-order valence-electron chi connectivity index (χ2n) is 5.33. The molecular weight excluding hydrogens is 303 g/mol. The highest BCUT2D eigenvalue weighted by atomic mass is 35.5. The van der Waals surface area contributed by atoms with Gasteiger partial charge in [0, 0.05) is 34.6 Å². The highest BCUT2D eigenvalue weighted by Crippen LogP contribution is 2.44. The highest BCUT2D eigenvalue weighted by molar-refractivity contribution is 6.30. The molecule has 1 aliphatic carbocycles. The van der Waals surface area contributed by atoms with Crippen LogP contribution in [0.2, 0.25) is 5.02 Å². The summed E-state index contributed by atoms with van der Waals surface area (Å²) in [7, 11) is 0. The van der Waals surface area contributed by atoms with E-state index >= 15 is 0 Å². The van der Waals surface area contributed by atoms with Gasteiger partial charge in [0.15, 0.2) is 0 Å². The van der Waals surface area contributed by atoms with Crippen molar-refractivity contribution in [2.45, 2.75) is 31.8 Å². The average molecular weight is 316 g/mol. The van der Waals surface area contributed by atoms with Crippen molar-refractivity contribution >= 4 is 11.6 Å². The van der Waals surface area contributed by atoms with Crippen molar-refractivity contribution in [2.24, 2.45) is 0 Å². The minimum Gasteiger partial charge on any atom is -0.382 e. The molecule has 6 heteroatoms. The molecule has 0 aliphatic heterocycles. The molecule has 0 saturated carbocycles. The van der Waals surface area contributed by atoms with Gasteiger partial charge in [-0.05, 0) is 37.1 Å². The van der Waals surface area contributed by atoms with Crippen LogP contribution in [0.15, 0.2) is 24.4 Å². The Bertz CT molecular complexity index is 691. The molecule has 2 aromatic rings. The summed E-state index contributed by atoms with van der Waals surface area (Å²) in [4.78, 5) is 0. The number of hydrogen-bond donors (Lipinski definition) is 1. The van der Waals surface area contributed by atoms with Crippen LogP contribution in [0.25, 0.3) is 5.69 Å². The Labute approximate surface area is 124 Å². The summed E-state index contributed by atoms with van der Waals surface area (Å²) < 4.78 is 42.4. The first-order valence-corrected chi connectivity index (χ1v) is 6.90. The summed E-state index contributed by atoms with van der Waals surface area (Å²) in [5.41, 5.74) is 1.82. The molecule has 1 heterocycles. The Morgan fingerprint density at radius 2 is 2.05 bits per heavy atom. The lowest BCUT2D eigenvalue weighted by atomic mass is 9.89. The molecule has 2 nitrogen and oxygen atoms in total. The van der Waals surface area contributed by atoms with Crippen molar-refractivity contribution in [1.82, 2.24) is 4.57 Å². The van der Waals surface area contributed by atoms with Gasteiger partial charge < -0.3 is 9.67 Å². The van der Waals surface area contributed by atoms with Crippen LogP contribution in [-0.4, -0.2) is 15.6 Å². The Morgan fingerprint density at radius 1 is 1.33 bits per heavy atom. The predicted octanol–water partition coefficient (Wildman–Crippen LogP) is 4.19. The standard InChI is InChI=1S/C15H13ClF3NO/c1-8-7-20(11-5-9(16)4-10(17)6-11)12-2-3-15(18,19)14(21)13(8)12/h4-7,14,21H,2-3H2,1H3. The van der Waals surface area contributed by atoms with Crippen LogP contribution < -0.4 is 0 Å². The summed E-state index contributed by atoms with van der Waals surface area (Å²) in [5.74, 6) is -3.64. The zero-order valence-electron chi connectivity index (χ0n) is 11.2. The topological polar surface area (TPSA) is 25.2 Å². The molecule has 0 saturated heterocycles. The van der Waals surface area contributed by atoms with E-state index in [2.05, 4.69) is 0 Å². The van der Waals surface area contributed by atoms with Crippen molar-refractivity contribution < 1.29 is 18.3 Å². The average Bonchev–Trinajstić information content (AvgIpc) is 2.71. The number of aromatic nitrogens is 1. The molecule has 3 rings (SSSR count). The number of aliphatic hydroxyl groups is 1. The number of benzene rings is 1. The minimum atomic E-state index is -3.14. The number of fused-ring (bicyclic) bond motifs is 1. The molecule has 0 amide bonds. The van der Waals surface area contributed by atoms with E-state index in [1.54, 1.807) is 23.8 Å². The number of rotatable bonds is 1. The van der Waals surface area contributed by atoms with E-state index in [4.69, 9.17) is 11.6 Å². The van der Waals surface area contributed by atoms with Crippen molar-refractivity contribution in [3.63, 3.8) is 0 Å². The molecular formula is C15H13ClF3NO. The minimum absolute atomic E-state index is 0.112. The third-order valence-corrected chi connectivity index (χ3v) is 4.06. The summed E-state index contributed by atoms with van der Waals surface area (Å²) in [6.07, 6.45) is -0.526. The molecule has 112 valence electrons. The van der Waals surface area contributed by atoms with E-state index in [1.165, 1.54) is 12.1 Å². The van der Waals surface area contributed by atoms with Gasteiger partial charge in [0.25, 0.3) is 5.92 Å². The number of nitrogens with zero attached hydrogens (tertiary/aromatic N) is 1. The second kappa shape index (κ2) is 4.78. The van der Waals surface area contributed by atoms with Gasteiger partial charge in [0.05, 0.1) is 0 Å². The Hall–Kier alpha value is -1.46. The lowest BCUT2D eigenvalue weighted by molar-refractivity contribution is -0.122. The van der Waals surface area contributed by atoms with E-state index in [0.29, 0.717) is 16.9 Å². The molecule has 0 radical (unpaired) electrons. The maximum absolute atomic E-state index is 13.7. The monoisotopic (exact) mass is 315 g/mol. The molecule has 1 aromatic heterocycles. The van der Waals surface area contributed by atoms with E-state index in [-0.39, 0.29) is 17.0 Å². The smallest absolute Gasteiger partial charge is 0.278 e. The molecule has 1 aromatic carbocycles. The molecule has 1 aliphatic rings. The molecule has 1 atom stereocenters. The van der Waals surface area contributed by atoms with Gasteiger partial charge in [-0.25, -0.2) is 13.2 Å². The number of alkyl halides is 2. The molecule has 1 N–H and O–H groups in total. The zero-order chi connectivity index (χ0) is 15.4. The van der Waals surface area contributed by atoms with E-state index in [1.807, 2.05) is 0 Å². The molecule has 21 heavy (non-hydrogen) atoms.